The van der Waals surface area contributed by atoms with Gasteiger partial charge < -0.3 is 5.32 Å². The highest BCUT2D eigenvalue weighted by Gasteiger charge is 2.16. The molecule has 110 valence electrons. The van der Waals surface area contributed by atoms with Gasteiger partial charge in [0.15, 0.2) is 0 Å². The van der Waals surface area contributed by atoms with E-state index in [1.54, 1.807) is 18.4 Å². The second-order valence-electron chi connectivity index (χ2n) is 4.13. The molecule has 1 rings (SSSR count). The van der Waals surface area contributed by atoms with Crippen LogP contribution in [0.25, 0.3) is 0 Å². The van der Waals surface area contributed by atoms with Crippen molar-refractivity contribution >= 4 is 37.5 Å². The fourth-order valence-corrected chi connectivity index (χ4v) is 3.93. The summed E-state index contributed by atoms with van der Waals surface area (Å²) in [5.74, 6) is 0. The van der Waals surface area contributed by atoms with Gasteiger partial charge in [0.2, 0.25) is 0 Å². The van der Waals surface area contributed by atoms with Crippen LogP contribution in [0.15, 0.2) is 15.9 Å². The fourth-order valence-electron chi connectivity index (χ4n) is 1.50. The van der Waals surface area contributed by atoms with Gasteiger partial charge in [-0.05, 0) is 54.5 Å². The van der Waals surface area contributed by atoms with Crippen molar-refractivity contribution < 1.29 is 8.42 Å². The molecule has 0 atom stereocenters. The molecule has 0 aliphatic heterocycles. The molecule has 2 N–H and O–H groups in total. The van der Waals surface area contributed by atoms with E-state index < -0.39 is 10.2 Å². The lowest BCUT2D eigenvalue weighted by Crippen LogP contribution is -2.40. The Bertz CT molecular complexity index is 476. The van der Waals surface area contributed by atoms with Crippen LogP contribution >= 0.6 is 27.3 Å². The highest BCUT2D eigenvalue weighted by molar-refractivity contribution is 9.11. The van der Waals surface area contributed by atoms with Crippen molar-refractivity contribution in [3.63, 3.8) is 0 Å². The van der Waals surface area contributed by atoms with E-state index in [-0.39, 0.29) is 0 Å². The molecule has 8 heteroatoms. The summed E-state index contributed by atoms with van der Waals surface area (Å²) in [6.45, 7) is 1.75. The van der Waals surface area contributed by atoms with Gasteiger partial charge >= 0.3 is 0 Å². The average Bonchev–Trinajstić information content (AvgIpc) is 2.75. The van der Waals surface area contributed by atoms with E-state index >= 15 is 0 Å². The molecule has 0 fully saturated rings. The molecule has 0 spiro atoms. The third-order valence-electron chi connectivity index (χ3n) is 2.59. The van der Waals surface area contributed by atoms with E-state index in [0.717, 1.165) is 21.6 Å². The average molecular weight is 370 g/mol. The maximum Gasteiger partial charge on any atom is 0.279 e. The van der Waals surface area contributed by atoms with Crippen LogP contribution in [0.1, 0.15) is 11.3 Å². The highest BCUT2D eigenvalue weighted by Crippen LogP contribution is 2.22. The number of nitrogens with zero attached hydrogens (tertiary/aromatic N) is 1. The third-order valence-corrected chi connectivity index (χ3v) is 5.85. The van der Waals surface area contributed by atoms with Crippen LogP contribution in [-0.4, -0.2) is 46.5 Å². The van der Waals surface area contributed by atoms with Crippen molar-refractivity contribution in [2.75, 3.05) is 33.7 Å². The van der Waals surface area contributed by atoms with Crippen molar-refractivity contribution in [2.45, 2.75) is 12.8 Å². The largest absolute Gasteiger partial charge is 0.320 e. The Kier molecular flexibility index (Phi) is 7.48. The first kappa shape index (κ1) is 17.1. The van der Waals surface area contributed by atoms with E-state index in [1.165, 1.54) is 4.31 Å². The van der Waals surface area contributed by atoms with Crippen LogP contribution in [0.5, 0.6) is 0 Å². The van der Waals surface area contributed by atoms with Gasteiger partial charge in [-0.15, -0.1) is 11.3 Å². The molecule has 0 aliphatic rings. The van der Waals surface area contributed by atoms with Gasteiger partial charge in [-0.25, -0.2) is 4.72 Å². The molecule has 0 amide bonds. The van der Waals surface area contributed by atoms with E-state index in [9.17, 15) is 8.42 Å². The Balaban J connectivity index is 2.33. The zero-order chi connectivity index (χ0) is 14.3. The molecule has 5 nitrogen and oxygen atoms in total. The summed E-state index contributed by atoms with van der Waals surface area (Å²) < 4.78 is 28.9. The number of hydrogen-bond acceptors (Lipinski definition) is 4. The summed E-state index contributed by atoms with van der Waals surface area (Å²) in [5.41, 5.74) is 0. The van der Waals surface area contributed by atoms with Crippen molar-refractivity contribution in [1.29, 1.82) is 0 Å². The predicted molar refractivity (Wildman–Crippen MR) is 83.8 cm³/mol. The number of halogens is 1. The Hall–Kier alpha value is 0.01000. The Labute approximate surface area is 127 Å². The van der Waals surface area contributed by atoms with Gasteiger partial charge in [-0.2, -0.15) is 12.7 Å². The lowest BCUT2D eigenvalue weighted by molar-refractivity contribution is 0.448. The number of hydrogen-bond donors (Lipinski definition) is 2. The normalized spacial score (nSPS) is 12.2. The predicted octanol–water partition coefficient (Wildman–Crippen LogP) is 1.43. The summed E-state index contributed by atoms with van der Waals surface area (Å²) in [6, 6.07) is 3.97. The standard InChI is InChI=1S/C11H20BrN3O2S2/c1-13-7-3-9-15(2)19(16,17)14-8-6-10-4-5-11(12)18-10/h4-5,13-14H,3,6-9H2,1-2H3. The molecule has 0 radical (unpaired) electrons. The molecule has 0 saturated carbocycles. The molecular formula is C11H20BrN3O2S2. The first-order chi connectivity index (χ1) is 8.95. The molecule has 1 heterocycles. The maximum absolute atomic E-state index is 11.9. The van der Waals surface area contributed by atoms with Crippen LogP contribution in [0.2, 0.25) is 0 Å². The smallest absolute Gasteiger partial charge is 0.279 e. The zero-order valence-corrected chi connectivity index (χ0v) is 14.4. The molecule has 19 heavy (non-hydrogen) atoms. The summed E-state index contributed by atoms with van der Waals surface area (Å²) in [4.78, 5) is 1.16. The molecular weight excluding hydrogens is 350 g/mol. The van der Waals surface area contributed by atoms with Crippen LogP contribution in [0.3, 0.4) is 0 Å². The van der Waals surface area contributed by atoms with Crippen molar-refractivity contribution in [3.8, 4) is 0 Å². The van der Waals surface area contributed by atoms with Gasteiger partial charge in [-0.1, -0.05) is 0 Å². The molecule has 0 aromatic carbocycles. The molecule has 0 aliphatic carbocycles. The van der Waals surface area contributed by atoms with Gasteiger partial charge in [0.25, 0.3) is 10.2 Å². The van der Waals surface area contributed by atoms with Crippen molar-refractivity contribution in [1.82, 2.24) is 14.3 Å². The highest BCUT2D eigenvalue weighted by atomic mass is 79.9. The third kappa shape index (κ3) is 6.33. The SMILES string of the molecule is CNCCCN(C)S(=O)(=O)NCCc1ccc(Br)s1. The molecule has 1 aromatic rings. The Morgan fingerprint density at radius 1 is 1.37 bits per heavy atom. The van der Waals surface area contributed by atoms with E-state index in [4.69, 9.17) is 0 Å². The quantitative estimate of drug-likeness (QED) is 0.647. The minimum atomic E-state index is -3.36. The van der Waals surface area contributed by atoms with Crippen LogP contribution in [0.4, 0.5) is 0 Å². The monoisotopic (exact) mass is 369 g/mol. The van der Waals surface area contributed by atoms with Gasteiger partial charge in [0.1, 0.15) is 0 Å². The van der Waals surface area contributed by atoms with Gasteiger partial charge in [0, 0.05) is 25.0 Å². The van der Waals surface area contributed by atoms with Crippen molar-refractivity contribution in [3.05, 3.63) is 20.8 Å². The van der Waals surface area contributed by atoms with Crippen LogP contribution in [0, 0.1) is 0 Å². The van der Waals surface area contributed by atoms with E-state index in [0.29, 0.717) is 19.5 Å². The first-order valence-corrected chi connectivity index (χ1v) is 9.10. The number of thiophene rings is 1. The van der Waals surface area contributed by atoms with Crippen LogP contribution in [-0.2, 0) is 16.6 Å². The lowest BCUT2D eigenvalue weighted by atomic mass is 10.3. The van der Waals surface area contributed by atoms with E-state index in [2.05, 4.69) is 26.0 Å². The Morgan fingerprint density at radius 2 is 2.11 bits per heavy atom. The summed E-state index contributed by atoms with van der Waals surface area (Å²) in [5, 5.41) is 3.00. The zero-order valence-electron chi connectivity index (χ0n) is 11.1. The van der Waals surface area contributed by atoms with Crippen molar-refractivity contribution in [2.24, 2.45) is 0 Å². The summed E-state index contributed by atoms with van der Waals surface area (Å²) in [6.07, 6.45) is 1.51. The molecule has 0 saturated heterocycles. The van der Waals surface area contributed by atoms with Gasteiger partial charge in [-0.3, -0.25) is 0 Å². The Morgan fingerprint density at radius 3 is 2.68 bits per heavy atom. The van der Waals surface area contributed by atoms with E-state index in [1.807, 2.05) is 19.2 Å². The topological polar surface area (TPSA) is 61.4 Å². The maximum atomic E-state index is 11.9. The second kappa shape index (κ2) is 8.33. The lowest BCUT2D eigenvalue weighted by Gasteiger charge is -2.17. The molecule has 1 aromatic heterocycles. The minimum Gasteiger partial charge on any atom is -0.320 e. The molecule has 0 bridgehead atoms. The second-order valence-corrected chi connectivity index (χ2v) is 8.54. The first-order valence-electron chi connectivity index (χ1n) is 6.05. The number of rotatable bonds is 9. The fraction of sp³-hybridized carbons (Fsp3) is 0.636. The minimum absolute atomic E-state index is 0.422. The number of nitrogens with one attached hydrogen (secondary N) is 2. The summed E-state index contributed by atoms with van der Waals surface area (Å²) in [7, 11) is 0.0944. The summed E-state index contributed by atoms with van der Waals surface area (Å²) >= 11 is 5.01. The van der Waals surface area contributed by atoms with Gasteiger partial charge in [0.05, 0.1) is 3.79 Å². The molecule has 0 unspecified atom stereocenters. The van der Waals surface area contributed by atoms with Crippen LogP contribution < -0.4 is 10.0 Å².